The SMILES string of the molecule is CC(C)CCCOc1c(N)cnc2ccccc12. The molecule has 2 N–H and O–H groups in total. The van der Waals surface area contributed by atoms with Crippen LogP contribution in [-0.2, 0) is 0 Å². The van der Waals surface area contributed by atoms with E-state index in [4.69, 9.17) is 10.5 Å². The maximum Gasteiger partial charge on any atom is 0.153 e. The van der Waals surface area contributed by atoms with E-state index < -0.39 is 0 Å². The zero-order valence-electron chi connectivity index (χ0n) is 11.0. The lowest BCUT2D eigenvalue weighted by atomic mass is 10.1. The monoisotopic (exact) mass is 244 g/mol. The number of nitrogen functional groups attached to an aromatic ring is 1. The summed E-state index contributed by atoms with van der Waals surface area (Å²) in [6.45, 7) is 5.14. The van der Waals surface area contributed by atoms with Crippen molar-refractivity contribution in [2.24, 2.45) is 5.92 Å². The van der Waals surface area contributed by atoms with Gasteiger partial charge in [0.05, 0.1) is 24.0 Å². The molecule has 0 aliphatic carbocycles. The molecule has 0 saturated carbocycles. The van der Waals surface area contributed by atoms with Crippen LogP contribution in [-0.4, -0.2) is 11.6 Å². The van der Waals surface area contributed by atoms with E-state index in [1.807, 2.05) is 24.3 Å². The number of anilines is 1. The van der Waals surface area contributed by atoms with Gasteiger partial charge in [-0.15, -0.1) is 0 Å². The summed E-state index contributed by atoms with van der Waals surface area (Å²) >= 11 is 0. The van der Waals surface area contributed by atoms with Gasteiger partial charge in [0.1, 0.15) is 0 Å². The fourth-order valence-corrected chi connectivity index (χ4v) is 1.96. The minimum atomic E-state index is 0.609. The van der Waals surface area contributed by atoms with Crippen LogP contribution in [0.25, 0.3) is 10.9 Å². The average Bonchev–Trinajstić information content (AvgIpc) is 2.36. The van der Waals surface area contributed by atoms with E-state index in [9.17, 15) is 0 Å². The van der Waals surface area contributed by atoms with E-state index in [1.54, 1.807) is 6.20 Å². The molecule has 0 amide bonds. The Morgan fingerprint density at radius 3 is 2.83 bits per heavy atom. The van der Waals surface area contributed by atoms with Gasteiger partial charge >= 0.3 is 0 Å². The van der Waals surface area contributed by atoms with Gasteiger partial charge in [0.25, 0.3) is 0 Å². The Morgan fingerprint density at radius 1 is 1.28 bits per heavy atom. The minimum Gasteiger partial charge on any atom is -0.491 e. The Balaban J connectivity index is 2.14. The summed E-state index contributed by atoms with van der Waals surface area (Å²) in [6.07, 6.45) is 3.89. The van der Waals surface area contributed by atoms with E-state index in [2.05, 4.69) is 18.8 Å². The zero-order chi connectivity index (χ0) is 13.0. The predicted molar refractivity (Wildman–Crippen MR) is 75.7 cm³/mol. The van der Waals surface area contributed by atoms with Crippen LogP contribution < -0.4 is 10.5 Å². The van der Waals surface area contributed by atoms with Crippen LogP contribution in [0.2, 0.25) is 0 Å². The van der Waals surface area contributed by atoms with Gasteiger partial charge in [-0.25, -0.2) is 0 Å². The van der Waals surface area contributed by atoms with Crippen LogP contribution in [0.3, 0.4) is 0 Å². The highest BCUT2D eigenvalue weighted by Gasteiger charge is 2.07. The van der Waals surface area contributed by atoms with Gasteiger partial charge in [-0.1, -0.05) is 26.0 Å². The normalized spacial score (nSPS) is 11.1. The molecule has 1 aromatic heterocycles. The van der Waals surface area contributed by atoms with Gasteiger partial charge in [0.2, 0.25) is 0 Å². The first-order chi connectivity index (χ1) is 8.68. The van der Waals surface area contributed by atoms with Crippen molar-refractivity contribution in [3.8, 4) is 5.75 Å². The highest BCUT2D eigenvalue weighted by molar-refractivity contribution is 5.89. The molecule has 18 heavy (non-hydrogen) atoms. The average molecular weight is 244 g/mol. The lowest BCUT2D eigenvalue weighted by Crippen LogP contribution is -2.03. The second kappa shape index (κ2) is 5.71. The van der Waals surface area contributed by atoms with Crippen LogP contribution in [0, 0.1) is 5.92 Å². The van der Waals surface area contributed by atoms with E-state index in [0.29, 0.717) is 18.2 Å². The lowest BCUT2D eigenvalue weighted by molar-refractivity contribution is 0.302. The Labute approximate surface area is 108 Å². The van der Waals surface area contributed by atoms with Gasteiger partial charge in [-0.2, -0.15) is 0 Å². The van der Waals surface area contributed by atoms with Crippen molar-refractivity contribution in [2.75, 3.05) is 12.3 Å². The first-order valence-electron chi connectivity index (χ1n) is 6.44. The standard InChI is InChI=1S/C15H20N2O/c1-11(2)6-5-9-18-15-12-7-3-4-8-14(12)17-10-13(15)16/h3-4,7-8,10-11H,5-6,9,16H2,1-2H3. The maximum atomic E-state index is 5.94. The van der Waals surface area contributed by atoms with Gasteiger partial charge in [0, 0.05) is 5.39 Å². The van der Waals surface area contributed by atoms with Crippen molar-refractivity contribution in [3.05, 3.63) is 30.5 Å². The molecule has 1 heterocycles. The largest absolute Gasteiger partial charge is 0.491 e. The predicted octanol–water partition coefficient (Wildman–Crippen LogP) is 3.63. The number of rotatable bonds is 5. The molecule has 0 radical (unpaired) electrons. The summed E-state index contributed by atoms with van der Waals surface area (Å²) in [4.78, 5) is 4.29. The summed E-state index contributed by atoms with van der Waals surface area (Å²) in [6, 6.07) is 7.91. The van der Waals surface area contributed by atoms with Crippen molar-refractivity contribution < 1.29 is 4.74 Å². The molecule has 3 nitrogen and oxygen atoms in total. The third-order valence-corrected chi connectivity index (χ3v) is 2.93. The third-order valence-electron chi connectivity index (χ3n) is 2.93. The number of ether oxygens (including phenoxy) is 1. The molecular formula is C15H20N2O. The lowest BCUT2D eigenvalue weighted by Gasteiger charge is -2.12. The molecule has 96 valence electrons. The highest BCUT2D eigenvalue weighted by atomic mass is 16.5. The molecule has 2 aromatic rings. The van der Waals surface area contributed by atoms with E-state index in [-0.39, 0.29) is 0 Å². The maximum absolute atomic E-state index is 5.94. The van der Waals surface area contributed by atoms with E-state index in [1.165, 1.54) is 6.42 Å². The smallest absolute Gasteiger partial charge is 0.153 e. The van der Waals surface area contributed by atoms with Crippen molar-refractivity contribution in [3.63, 3.8) is 0 Å². The quantitative estimate of drug-likeness (QED) is 0.817. The fraction of sp³-hybridized carbons (Fsp3) is 0.400. The van der Waals surface area contributed by atoms with Crippen LogP contribution in [0.4, 0.5) is 5.69 Å². The number of fused-ring (bicyclic) bond motifs is 1. The highest BCUT2D eigenvalue weighted by Crippen LogP contribution is 2.30. The molecule has 0 saturated heterocycles. The van der Waals surface area contributed by atoms with E-state index in [0.717, 1.165) is 23.1 Å². The number of hydrogen-bond donors (Lipinski definition) is 1. The number of nitrogens with two attached hydrogens (primary N) is 1. The van der Waals surface area contributed by atoms with Gasteiger partial charge in [-0.3, -0.25) is 4.98 Å². The molecule has 1 aromatic carbocycles. The molecule has 0 aliphatic rings. The molecule has 0 unspecified atom stereocenters. The van der Waals surface area contributed by atoms with Gasteiger partial charge in [-0.05, 0) is 30.9 Å². The van der Waals surface area contributed by atoms with Crippen molar-refractivity contribution >= 4 is 16.6 Å². The molecule has 0 bridgehead atoms. The molecule has 0 spiro atoms. The summed E-state index contributed by atoms with van der Waals surface area (Å²) in [7, 11) is 0. The number of benzene rings is 1. The number of para-hydroxylation sites is 1. The van der Waals surface area contributed by atoms with Crippen LogP contribution >= 0.6 is 0 Å². The minimum absolute atomic E-state index is 0.609. The molecule has 2 rings (SSSR count). The van der Waals surface area contributed by atoms with Gasteiger partial charge in [0.15, 0.2) is 5.75 Å². The Kier molecular flexibility index (Phi) is 4.03. The second-order valence-corrected chi connectivity index (χ2v) is 4.94. The topological polar surface area (TPSA) is 48.1 Å². The summed E-state index contributed by atoms with van der Waals surface area (Å²) < 4.78 is 5.84. The number of pyridine rings is 1. The Morgan fingerprint density at radius 2 is 2.06 bits per heavy atom. The Hall–Kier alpha value is -1.77. The first-order valence-corrected chi connectivity index (χ1v) is 6.44. The summed E-state index contributed by atoms with van der Waals surface area (Å²) in [5.74, 6) is 1.48. The Bertz CT molecular complexity index is 523. The molecule has 0 aliphatic heterocycles. The molecule has 0 fully saturated rings. The van der Waals surface area contributed by atoms with Crippen LogP contribution in [0.15, 0.2) is 30.5 Å². The van der Waals surface area contributed by atoms with Gasteiger partial charge < -0.3 is 10.5 Å². The number of aromatic nitrogens is 1. The third kappa shape index (κ3) is 2.92. The number of nitrogens with zero attached hydrogens (tertiary/aromatic N) is 1. The van der Waals surface area contributed by atoms with Crippen LogP contribution in [0.5, 0.6) is 5.75 Å². The fourth-order valence-electron chi connectivity index (χ4n) is 1.96. The molecule has 3 heteroatoms. The zero-order valence-corrected chi connectivity index (χ0v) is 11.0. The summed E-state index contributed by atoms with van der Waals surface area (Å²) in [5, 5.41) is 0.988. The first kappa shape index (κ1) is 12.7. The van der Waals surface area contributed by atoms with Crippen molar-refractivity contribution in [2.45, 2.75) is 26.7 Å². The summed E-state index contributed by atoms with van der Waals surface area (Å²) in [5.41, 5.74) is 7.47. The van der Waals surface area contributed by atoms with Crippen LogP contribution in [0.1, 0.15) is 26.7 Å². The molecule has 0 atom stereocenters. The second-order valence-electron chi connectivity index (χ2n) is 4.94. The van der Waals surface area contributed by atoms with E-state index >= 15 is 0 Å². The van der Waals surface area contributed by atoms with Crippen molar-refractivity contribution in [1.82, 2.24) is 4.98 Å². The van der Waals surface area contributed by atoms with Crippen molar-refractivity contribution in [1.29, 1.82) is 0 Å². The number of hydrogen-bond acceptors (Lipinski definition) is 3. The molecular weight excluding hydrogens is 224 g/mol.